The average Bonchev–Trinajstić information content (AvgIpc) is 3.22. The Hall–Kier alpha value is -3.28. The molecule has 1 spiro atoms. The highest BCUT2D eigenvalue weighted by Crippen LogP contribution is 2.60. The van der Waals surface area contributed by atoms with Crippen molar-refractivity contribution in [2.75, 3.05) is 32.8 Å². The maximum absolute atomic E-state index is 13.8. The van der Waals surface area contributed by atoms with E-state index in [2.05, 4.69) is 0 Å². The van der Waals surface area contributed by atoms with Crippen LogP contribution < -0.4 is 19.1 Å². The van der Waals surface area contributed by atoms with E-state index in [0.717, 1.165) is 5.56 Å². The molecule has 0 unspecified atom stereocenters. The molecule has 2 aliphatic rings. The van der Waals surface area contributed by atoms with E-state index in [0.29, 0.717) is 35.0 Å². The van der Waals surface area contributed by atoms with Gasteiger partial charge in [-0.1, -0.05) is 36.4 Å². The van der Waals surface area contributed by atoms with Gasteiger partial charge in [0.15, 0.2) is 17.3 Å². The van der Waals surface area contributed by atoms with Crippen molar-refractivity contribution in [1.82, 2.24) is 0 Å². The van der Waals surface area contributed by atoms with Crippen LogP contribution >= 0.6 is 0 Å². The highest BCUT2D eigenvalue weighted by atomic mass is 16.5. The lowest BCUT2D eigenvalue weighted by atomic mass is 9.69. The summed E-state index contributed by atoms with van der Waals surface area (Å²) in [6, 6.07) is 11.2. The van der Waals surface area contributed by atoms with Crippen molar-refractivity contribution < 1.29 is 23.8 Å². The van der Waals surface area contributed by atoms with Crippen molar-refractivity contribution >= 4 is 17.4 Å². The van der Waals surface area contributed by atoms with E-state index in [9.17, 15) is 9.59 Å². The van der Waals surface area contributed by atoms with Gasteiger partial charge in [0.25, 0.3) is 0 Å². The molecule has 150 valence electrons. The number of carbonyl (C=O) groups excluding carboxylic acids is 2. The fraction of sp³-hybridized carbons (Fsp3) is 0.304. The van der Waals surface area contributed by atoms with Gasteiger partial charge in [0.1, 0.15) is 5.41 Å². The van der Waals surface area contributed by atoms with Crippen molar-refractivity contribution in [3.63, 3.8) is 0 Å². The number of hydrogen-bond donors (Lipinski definition) is 0. The highest BCUT2D eigenvalue weighted by Gasteiger charge is 2.60. The third kappa shape index (κ3) is 2.41. The number of rotatable bonds is 5. The van der Waals surface area contributed by atoms with Crippen molar-refractivity contribution in [3.8, 4) is 17.2 Å². The number of amides is 1. The Morgan fingerprint density at radius 3 is 2.28 bits per heavy atom. The van der Waals surface area contributed by atoms with Crippen LogP contribution in [0.25, 0.3) is 0 Å². The predicted octanol–water partition coefficient (Wildman–Crippen LogP) is 3.24. The van der Waals surface area contributed by atoms with Crippen LogP contribution in [0.4, 0.5) is 5.69 Å². The number of likely N-dealkylation sites (N-methyl/N-ethyl adjacent to an activating group) is 1. The molecule has 2 aromatic rings. The van der Waals surface area contributed by atoms with Crippen LogP contribution in [0.5, 0.6) is 17.2 Å². The lowest BCUT2D eigenvalue weighted by Crippen LogP contribution is -2.43. The van der Waals surface area contributed by atoms with Crippen molar-refractivity contribution in [3.05, 3.63) is 59.7 Å². The monoisotopic (exact) mass is 393 g/mol. The molecule has 0 saturated heterocycles. The summed E-state index contributed by atoms with van der Waals surface area (Å²) in [5.41, 5.74) is 0.915. The Morgan fingerprint density at radius 2 is 1.69 bits per heavy atom. The molecule has 4 rings (SSSR count). The molecule has 0 radical (unpaired) electrons. The van der Waals surface area contributed by atoms with E-state index < -0.39 is 11.3 Å². The van der Waals surface area contributed by atoms with E-state index in [4.69, 9.17) is 14.2 Å². The van der Waals surface area contributed by atoms with Gasteiger partial charge in [-0.3, -0.25) is 9.59 Å². The van der Waals surface area contributed by atoms with Crippen LogP contribution in [0.3, 0.4) is 0 Å². The van der Waals surface area contributed by atoms with Crippen LogP contribution in [0.1, 0.15) is 24.0 Å². The molecular formula is C23H23NO5. The van der Waals surface area contributed by atoms with Crippen molar-refractivity contribution in [2.45, 2.75) is 18.3 Å². The molecular weight excluding hydrogens is 370 g/mol. The Kier molecular flexibility index (Phi) is 4.57. The Bertz CT molecular complexity index is 1010. The molecule has 2 aromatic carbocycles. The van der Waals surface area contributed by atoms with Crippen LogP contribution in [0.15, 0.2) is 48.6 Å². The summed E-state index contributed by atoms with van der Waals surface area (Å²) < 4.78 is 16.8. The van der Waals surface area contributed by atoms with Crippen molar-refractivity contribution in [1.29, 1.82) is 0 Å². The lowest BCUT2D eigenvalue weighted by Gasteiger charge is -2.30. The first kappa shape index (κ1) is 19.1. The minimum atomic E-state index is -1.19. The molecule has 1 aliphatic heterocycles. The van der Waals surface area contributed by atoms with Crippen molar-refractivity contribution in [2.24, 2.45) is 0 Å². The van der Waals surface area contributed by atoms with Gasteiger partial charge < -0.3 is 19.1 Å². The number of allylic oxidation sites excluding steroid dienone is 1. The number of anilines is 1. The molecule has 0 N–H and O–H groups in total. The standard InChI is InChI=1S/C23H23NO5/c1-5-24-15-13-17(27-2)20(28-3)21(29-4)19(15)23(22(24)26)12-11-16(25)18(23)14-9-7-6-8-10-14/h6-13,18H,5H2,1-4H3/t18-,23+/m0/s1. The first-order valence-electron chi connectivity index (χ1n) is 9.48. The largest absolute Gasteiger partial charge is 0.493 e. The summed E-state index contributed by atoms with van der Waals surface area (Å²) in [7, 11) is 4.60. The summed E-state index contributed by atoms with van der Waals surface area (Å²) in [6.45, 7) is 2.36. The van der Waals surface area contributed by atoms with Gasteiger partial charge in [-0.05, 0) is 18.6 Å². The number of ketones is 1. The summed E-state index contributed by atoms with van der Waals surface area (Å²) >= 11 is 0. The Morgan fingerprint density at radius 1 is 1.00 bits per heavy atom. The Labute approximate surface area is 169 Å². The predicted molar refractivity (Wildman–Crippen MR) is 109 cm³/mol. The zero-order valence-electron chi connectivity index (χ0n) is 16.9. The van der Waals surface area contributed by atoms with E-state index >= 15 is 0 Å². The van der Waals surface area contributed by atoms with Crippen LogP contribution in [-0.2, 0) is 15.0 Å². The van der Waals surface area contributed by atoms with Gasteiger partial charge in [0.05, 0.1) is 32.9 Å². The van der Waals surface area contributed by atoms with Gasteiger partial charge >= 0.3 is 0 Å². The Balaban J connectivity index is 2.08. The number of hydrogen-bond acceptors (Lipinski definition) is 5. The lowest BCUT2D eigenvalue weighted by molar-refractivity contribution is -0.125. The molecule has 1 heterocycles. The molecule has 0 bridgehead atoms. The summed E-state index contributed by atoms with van der Waals surface area (Å²) in [5, 5.41) is 0. The molecule has 0 aromatic heterocycles. The fourth-order valence-corrected chi connectivity index (χ4v) is 4.64. The molecule has 2 atom stereocenters. The minimum Gasteiger partial charge on any atom is -0.493 e. The molecule has 1 aliphatic carbocycles. The van der Waals surface area contributed by atoms with Gasteiger partial charge in [0.2, 0.25) is 11.7 Å². The minimum absolute atomic E-state index is 0.106. The van der Waals surface area contributed by atoms with Gasteiger partial charge in [0, 0.05) is 18.2 Å². The van der Waals surface area contributed by atoms with Crippen LogP contribution in [0, 0.1) is 0 Å². The third-order valence-electron chi connectivity index (χ3n) is 5.81. The second kappa shape index (κ2) is 6.95. The van der Waals surface area contributed by atoms with E-state index in [-0.39, 0.29) is 11.7 Å². The number of ether oxygens (including phenoxy) is 3. The number of benzene rings is 2. The number of fused-ring (bicyclic) bond motifs is 2. The maximum Gasteiger partial charge on any atom is 0.242 e. The summed E-state index contributed by atoms with van der Waals surface area (Å²) in [5.74, 6) is 0.351. The van der Waals surface area contributed by atoms with Gasteiger partial charge in [-0.15, -0.1) is 0 Å². The second-order valence-electron chi connectivity index (χ2n) is 7.04. The maximum atomic E-state index is 13.8. The first-order chi connectivity index (χ1) is 14.0. The van der Waals surface area contributed by atoms with Gasteiger partial charge in [-0.2, -0.15) is 0 Å². The van der Waals surface area contributed by atoms with E-state index in [1.165, 1.54) is 27.4 Å². The van der Waals surface area contributed by atoms with E-state index in [1.54, 1.807) is 17.0 Å². The molecule has 0 fully saturated rings. The molecule has 6 heteroatoms. The topological polar surface area (TPSA) is 65.1 Å². The fourth-order valence-electron chi connectivity index (χ4n) is 4.64. The van der Waals surface area contributed by atoms with E-state index in [1.807, 2.05) is 37.3 Å². The van der Waals surface area contributed by atoms with Crippen LogP contribution in [0.2, 0.25) is 0 Å². The third-order valence-corrected chi connectivity index (χ3v) is 5.81. The van der Waals surface area contributed by atoms with Gasteiger partial charge in [-0.25, -0.2) is 0 Å². The quantitative estimate of drug-likeness (QED) is 0.780. The zero-order valence-corrected chi connectivity index (χ0v) is 16.9. The number of methoxy groups -OCH3 is 3. The highest BCUT2D eigenvalue weighted by molar-refractivity contribution is 6.18. The zero-order chi connectivity index (χ0) is 20.8. The molecule has 29 heavy (non-hydrogen) atoms. The first-order valence-corrected chi connectivity index (χ1v) is 9.48. The molecule has 1 amide bonds. The number of nitrogens with zero attached hydrogens (tertiary/aromatic N) is 1. The molecule has 0 saturated carbocycles. The number of carbonyl (C=O) groups is 2. The average molecular weight is 393 g/mol. The van der Waals surface area contributed by atoms with Crippen LogP contribution in [-0.4, -0.2) is 39.6 Å². The smallest absolute Gasteiger partial charge is 0.242 e. The normalized spacial score (nSPS) is 22.3. The summed E-state index contributed by atoms with van der Waals surface area (Å²) in [6.07, 6.45) is 3.23. The SMILES string of the molecule is CCN1C(=O)[C@@]2(C=CC(=O)[C@@H]2c2ccccc2)c2c1cc(OC)c(OC)c2OC. The molecule has 6 nitrogen and oxygen atoms in total. The summed E-state index contributed by atoms with van der Waals surface area (Å²) in [4.78, 5) is 28.5. The second-order valence-corrected chi connectivity index (χ2v) is 7.04.